The zero-order valence-electron chi connectivity index (χ0n) is 9.00. The van der Waals surface area contributed by atoms with Gasteiger partial charge in [-0.1, -0.05) is 37.9 Å². The number of rotatable bonds is 4. The number of hydrogen-bond donors (Lipinski definition) is 1. The zero-order valence-corrected chi connectivity index (χ0v) is 11.9. The highest BCUT2D eigenvalue weighted by Crippen LogP contribution is 2.27. The Balaban J connectivity index is 2.73. The van der Waals surface area contributed by atoms with Crippen molar-refractivity contribution in [3.8, 4) is 0 Å². The summed E-state index contributed by atoms with van der Waals surface area (Å²) >= 11 is 8.19. The van der Waals surface area contributed by atoms with E-state index in [4.69, 9.17) is 11.6 Å². The van der Waals surface area contributed by atoms with Crippen LogP contribution in [0, 0.1) is 9.49 Å². The molecule has 0 radical (unpaired) electrons. The van der Waals surface area contributed by atoms with E-state index in [-0.39, 0.29) is 0 Å². The van der Waals surface area contributed by atoms with Gasteiger partial charge in [0.2, 0.25) is 0 Å². The summed E-state index contributed by atoms with van der Waals surface area (Å²) in [5.41, 5.74) is 0.917. The summed E-state index contributed by atoms with van der Waals surface area (Å²) in [5.74, 6) is 0.540. The Morgan fingerprint density at radius 2 is 2.13 bits per heavy atom. The molecule has 3 heteroatoms. The van der Waals surface area contributed by atoms with E-state index in [0.29, 0.717) is 5.92 Å². The molecule has 2 unspecified atom stereocenters. The smallest absolute Gasteiger partial charge is 0.0793 e. The van der Waals surface area contributed by atoms with Crippen molar-refractivity contribution in [3.05, 3.63) is 32.4 Å². The summed E-state index contributed by atoms with van der Waals surface area (Å²) in [6, 6.07) is 5.75. The van der Waals surface area contributed by atoms with Gasteiger partial charge in [0.1, 0.15) is 0 Å². The number of aliphatic hydroxyl groups excluding tert-OH is 1. The highest BCUT2D eigenvalue weighted by molar-refractivity contribution is 14.1. The molecular weight excluding hydrogens is 322 g/mol. The van der Waals surface area contributed by atoms with Gasteiger partial charge in [-0.15, -0.1) is 0 Å². The highest BCUT2D eigenvalue weighted by Gasteiger charge is 2.12. The first-order valence-electron chi connectivity index (χ1n) is 5.17. The topological polar surface area (TPSA) is 20.2 Å². The van der Waals surface area contributed by atoms with Crippen LogP contribution in [0.4, 0.5) is 0 Å². The second-order valence-electron chi connectivity index (χ2n) is 3.94. The molecule has 0 bridgehead atoms. The lowest BCUT2D eigenvalue weighted by molar-refractivity contribution is 0.146. The number of aliphatic hydroxyl groups is 1. The molecule has 15 heavy (non-hydrogen) atoms. The van der Waals surface area contributed by atoms with Gasteiger partial charge >= 0.3 is 0 Å². The molecule has 0 aromatic heterocycles. The van der Waals surface area contributed by atoms with E-state index in [9.17, 15) is 5.11 Å². The highest BCUT2D eigenvalue weighted by atomic mass is 127. The average Bonchev–Trinajstić information content (AvgIpc) is 2.21. The summed E-state index contributed by atoms with van der Waals surface area (Å²) < 4.78 is 1.02. The normalized spacial score (nSPS) is 15.0. The zero-order chi connectivity index (χ0) is 11.4. The van der Waals surface area contributed by atoms with Crippen LogP contribution in [-0.2, 0) is 0 Å². The fraction of sp³-hybridized carbons (Fsp3) is 0.500. The molecule has 1 N–H and O–H groups in total. The van der Waals surface area contributed by atoms with Gasteiger partial charge in [0.25, 0.3) is 0 Å². The van der Waals surface area contributed by atoms with Gasteiger partial charge in [0.05, 0.1) is 11.1 Å². The molecule has 0 amide bonds. The van der Waals surface area contributed by atoms with Crippen LogP contribution in [0.3, 0.4) is 0 Å². The summed E-state index contributed by atoms with van der Waals surface area (Å²) in [6.07, 6.45) is 1.50. The van der Waals surface area contributed by atoms with Crippen LogP contribution in [0.25, 0.3) is 0 Å². The lowest BCUT2D eigenvalue weighted by atomic mass is 9.96. The van der Waals surface area contributed by atoms with Crippen molar-refractivity contribution in [1.29, 1.82) is 0 Å². The van der Waals surface area contributed by atoms with Crippen LogP contribution >= 0.6 is 34.2 Å². The second kappa shape index (κ2) is 6.06. The standard InChI is InChI=1S/C12H16ClIO/c1-3-8(2)6-12(15)9-4-5-11(14)10(13)7-9/h4-5,7-8,12,15H,3,6H2,1-2H3. The van der Waals surface area contributed by atoms with Gasteiger partial charge in [-0.2, -0.15) is 0 Å². The Kier molecular flexibility index (Phi) is 5.36. The van der Waals surface area contributed by atoms with Gasteiger partial charge < -0.3 is 5.11 Å². The van der Waals surface area contributed by atoms with Gasteiger partial charge in [-0.05, 0) is 52.6 Å². The Morgan fingerprint density at radius 1 is 1.47 bits per heavy atom. The molecule has 0 saturated carbocycles. The average molecular weight is 339 g/mol. The quantitative estimate of drug-likeness (QED) is 0.806. The minimum absolute atomic E-state index is 0.394. The number of benzene rings is 1. The van der Waals surface area contributed by atoms with Crippen molar-refractivity contribution in [2.75, 3.05) is 0 Å². The van der Waals surface area contributed by atoms with Crippen molar-refractivity contribution >= 4 is 34.2 Å². The van der Waals surface area contributed by atoms with Crippen molar-refractivity contribution in [1.82, 2.24) is 0 Å². The largest absolute Gasteiger partial charge is 0.388 e. The van der Waals surface area contributed by atoms with E-state index < -0.39 is 6.10 Å². The maximum absolute atomic E-state index is 9.98. The summed E-state index contributed by atoms with van der Waals surface area (Å²) in [7, 11) is 0. The first-order valence-corrected chi connectivity index (χ1v) is 6.63. The minimum atomic E-state index is -0.394. The molecule has 0 heterocycles. The maximum atomic E-state index is 9.98. The molecule has 1 aromatic rings. The van der Waals surface area contributed by atoms with Crippen LogP contribution in [0.15, 0.2) is 18.2 Å². The van der Waals surface area contributed by atoms with E-state index in [1.54, 1.807) is 0 Å². The van der Waals surface area contributed by atoms with Crippen molar-refractivity contribution in [3.63, 3.8) is 0 Å². The molecule has 1 aromatic carbocycles. The number of halogens is 2. The Hall–Kier alpha value is 0.200. The van der Waals surface area contributed by atoms with Crippen LogP contribution in [-0.4, -0.2) is 5.11 Å². The van der Waals surface area contributed by atoms with Crippen LogP contribution in [0.2, 0.25) is 5.02 Å². The van der Waals surface area contributed by atoms with E-state index >= 15 is 0 Å². The predicted octanol–water partition coefficient (Wildman–Crippen LogP) is 4.41. The van der Waals surface area contributed by atoms with Gasteiger partial charge in [0.15, 0.2) is 0 Å². The SMILES string of the molecule is CCC(C)CC(O)c1ccc(I)c(Cl)c1. The molecule has 1 rings (SSSR count). The van der Waals surface area contributed by atoms with Gasteiger partial charge in [-0.25, -0.2) is 0 Å². The molecule has 84 valence electrons. The first-order chi connectivity index (χ1) is 7.04. The van der Waals surface area contributed by atoms with Gasteiger partial charge in [-0.3, -0.25) is 0 Å². The predicted molar refractivity (Wildman–Crippen MR) is 73.2 cm³/mol. The lowest BCUT2D eigenvalue weighted by Gasteiger charge is -2.15. The molecule has 0 aliphatic heterocycles. The fourth-order valence-electron chi connectivity index (χ4n) is 1.40. The minimum Gasteiger partial charge on any atom is -0.388 e. The van der Waals surface area contributed by atoms with Crippen LogP contribution in [0.1, 0.15) is 38.4 Å². The van der Waals surface area contributed by atoms with Crippen molar-refractivity contribution < 1.29 is 5.11 Å². The summed E-state index contributed by atoms with van der Waals surface area (Å²) in [5, 5.41) is 10.7. The van der Waals surface area contributed by atoms with Crippen molar-refractivity contribution in [2.45, 2.75) is 32.8 Å². The first kappa shape index (κ1) is 13.3. The Morgan fingerprint density at radius 3 is 2.67 bits per heavy atom. The Labute approximate surface area is 110 Å². The van der Waals surface area contributed by atoms with E-state index in [1.807, 2.05) is 18.2 Å². The lowest BCUT2D eigenvalue weighted by Crippen LogP contribution is -2.03. The molecule has 0 spiro atoms. The second-order valence-corrected chi connectivity index (χ2v) is 5.51. The van der Waals surface area contributed by atoms with Gasteiger partial charge in [0, 0.05) is 3.57 Å². The Bertz CT molecular complexity index is 327. The monoisotopic (exact) mass is 338 g/mol. The van der Waals surface area contributed by atoms with Crippen molar-refractivity contribution in [2.24, 2.45) is 5.92 Å². The third kappa shape index (κ3) is 3.93. The molecule has 2 atom stereocenters. The van der Waals surface area contributed by atoms with Crippen LogP contribution in [0.5, 0.6) is 0 Å². The molecule has 0 saturated heterocycles. The molecular formula is C12H16ClIO. The molecule has 0 aliphatic carbocycles. The maximum Gasteiger partial charge on any atom is 0.0793 e. The molecule has 0 fully saturated rings. The van der Waals surface area contributed by atoms with E-state index in [2.05, 4.69) is 36.4 Å². The summed E-state index contributed by atoms with van der Waals surface area (Å²) in [4.78, 5) is 0. The van der Waals surface area contributed by atoms with E-state index in [1.165, 1.54) is 0 Å². The van der Waals surface area contributed by atoms with E-state index in [0.717, 1.165) is 27.0 Å². The third-order valence-electron chi connectivity index (χ3n) is 2.65. The van der Waals surface area contributed by atoms with Crippen LogP contribution < -0.4 is 0 Å². The third-order valence-corrected chi connectivity index (χ3v) is 4.22. The molecule has 1 nitrogen and oxygen atoms in total. The number of hydrogen-bond acceptors (Lipinski definition) is 1. The molecule has 0 aliphatic rings. The fourth-order valence-corrected chi connectivity index (χ4v) is 1.93. The summed E-state index contributed by atoms with van der Waals surface area (Å²) in [6.45, 7) is 4.29.